The Hall–Kier alpha value is -2.97. The molecule has 2 aliphatic heterocycles. The van der Waals surface area contributed by atoms with Crippen LogP contribution in [0.3, 0.4) is 0 Å². The number of ketones is 1. The van der Waals surface area contributed by atoms with Crippen molar-refractivity contribution in [2.45, 2.75) is 38.6 Å². The fourth-order valence-electron chi connectivity index (χ4n) is 5.45. The van der Waals surface area contributed by atoms with Crippen LogP contribution in [0, 0.1) is 5.82 Å². The van der Waals surface area contributed by atoms with E-state index in [-0.39, 0.29) is 17.6 Å². The van der Waals surface area contributed by atoms with Crippen molar-refractivity contribution < 1.29 is 14.0 Å². The maximum Gasteiger partial charge on any atom is 0.319 e. The van der Waals surface area contributed by atoms with Gasteiger partial charge >= 0.3 is 6.03 Å². The maximum atomic E-state index is 14.1. The Labute approximate surface area is 209 Å². The molecule has 35 heavy (non-hydrogen) atoms. The minimum absolute atomic E-state index is 0.0676. The summed E-state index contributed by atoms with van der Waals surface area (Å²) in [4.78, 5) is 30.3. The molecule has 5 rings (SSSR count). The third kappa shape index (κ3) is 5.04. The highest BCUT2D eigenvalue weighted by molar-refractivity contribution is 7.17. The van der Waals surface area contributed by atoms with E-state index >= 15 is 0 Å². The fraction of sp³-hybridized carbons (Fsp3) is 0.407. The number of urea groups is 1. The number of nitrogens with two attached hydrogens (primary N) is 1. The van der Waals surface area contributed by atoms with Crippen molar-refractivity contribution >= 4 is 44.6 Å². The van der Waals surface area contributed by atoms with E-state index in [2.05, 4.69) is 34.1 Å². The lowest BCUT2D eigenvalue weighted by Gasteiger charge is -2.37. The van der Waals surface area contributed by atoms with Crippen LogP contribution in [0.4, 0.5) is 20.6 Å². The summed E-state index contributed by atoms with van der Waals surface area (Å²) in [6.45, 7) is 6.03. The normalized spacial score (nSPS) is 18.6. The number of rotatable bonds is 6. The minimum Gasteiger partial charge on any atom is -0.368 e. The Morgan fingerprint density at radius 1 is 1.09 bits per heavy atom. The topological polar surface area (TPSA) is 69.9 Å². The Morgan fingerprint density at radius 2 is 1.89 bits per heavy atom. The molecule has 2 N–H and O–H groups in total. The Kier molecular flexibility index (Phi) is 6.75. The molecule has 0 radical (unpaired) electrons. The first-order valence-corrected chi connectivity index (χ1v) is 13.1. The molecule has 2 aliphatic rings. The van der Waals surface area contributed by atoms with Crippen LogP contribution >= 0.6 is 11.3 Å². The molecule has 1 atom stereocenters. The molecular weight excluding hydrogens is 463 g/mol. The highest BCUT2D eigenvalue weighted by Gasteiger charge is 2.31. The van der Waals surface area contributed by atoms with Gasteiger partial charge in [0.25, 0.3) is 0 Å². The first kappa shape index (κ1) is 23.8. The first-order valence-electron chi connectivity index (χ1n) is 12.2. The molecular formula is C27H31FN4O2S. The Balaban J connectivity index is 1.23. The molecule has 3 aromatic rings. The molecule has 8 heteroatoms. The fourth-order valence-corrected chi connectivity index (χ4v) is 6.28. The quantitative estimate of drug-likeness (QED) is 0.545. The number of carbonyl (C=O) groups excluding carboxylic acids is 2. The van der Waals surface area contributed by atoms with E-state index in [0.29, 0.717) is 6.42 Å². The molecule has 184 valence electrons. The molecule has 1 unspecified atom stereocenters. The summed E-state index contributed by atoms with van der Waals surface area (Å²) in [6.07, 6.45) is 2.80. The van der Waals surface area contributed by atoms with Crippen LogP contribution in [0.25, 0.3) is 10.1 Å². The van der Waals surface area contributed by atoms with E-state index < -0.39 is 6.03 Å². The molecule has 6 nitrogen and oxygen atoms in total. The van der Waals surface area contributed by atoms with Crippen LogP contribution in [0.15, 0.2) is 41.8 Å². The summed E-state index contributed by atoms with van der Waals surface area (Å²) in [5.41, 5.74) is 9.83. The monoisotopic (exact) mass is 494 g/mol. The summed E-state index contributed by atoms with van der Waals surface area (Å²) in [5.74, 6) is -0.113. The lowest BCUT2D eigenvalue weighted by molar-refractivity contribution is -0.117. The molecule has 1 saturated heterocycles. The number of hydrogen-bond acceptors (Lipinski definition) is 5. The predicted octanol–water partition coefficient (Wildman–Crippen LogP) is 4.58. The van der Waals surface area contributed by atoms with Crippen LogP contribution in [-0.4, -0.2) is 55.5 Å². The van der Waals surface area contributed by atoms with E-state index in [4.69, 9.17) is 5.73 Å². The zero-order valence-electron chi connectivity index (χ0n) is 20.0. The average Bonchev–Trinajstić information content (AvgIpc) is 3.30. The molecule has 2 amide bonds. The molecule has 0 bridgehead atoms. The van der Waals surface area contributed by atoms with Crippen molar-refractivity contribution in [2.75, 3.05) is 42.5 Å². The van der Waals surface area contributed by atoms with Crippen molar-refractivity contribution in [3.63, 3.8) is 0 Å². The smallest absolute Gasteiger partial charge is 0.319 e. The van der Waals surface area contributed by atoms with Crippen LogP contribution in [-0.2, 0) is 17.6 Å². The van der Waals surface area contributed by atoms with Gasteiger partial charge in [-0.2, -0.15) is 0 Å². The lowest BCUT2D eigenvalue weighted by atomic mass is 9.92. The van der Waals surface area contributed by atoms with Gasteiger partial charge in [-0.05, 0) is 67.0 Å². The number of fused-ring (bicyclic) bond motifs is 2. The largest absolute Gasteiger partial charge is 0.368 e. The number of nitrogens with zero attached hydrogens (tertiary/aromatic N) is 3. The van der Waals surface area contributed by atoms with Crippen molar-refractivity contribution in [3.8, 4) is 0 Å². The van der Waals surface area contributed by atoms with Gasteiger partial charge in [-0.1, -0.05) is 12.1 Å². The van der Waals surface area contributed by atoms with E-state index in [0.717, 1.165) is 84.6 Å². The highest BCUT2D eigenvalue weighted by Crippen LogP contribution is 2.34. The number of halogens is 1. The van der Waals surface area contributed by atoms with Crippen molar-refractivity contribution in [1.82, 2.24) is 4.90 Å². The second-order valence-electron chi connectivity index (χ2n) is 9.61. The summed E-state index contributed by atoms with van der Waals surface area (Å²) >= 11 is 1.57. The molecule has 1 fully saturated rings. The number of Topliss-reactive ketones (excluding diaryl/α,β-unsaturated/α-hetero) is 1. The average molecular weight is 495 g/mol. The maximum absolute atomic E-state index is 14.1. The standard InChI is InChI=1S/C27H31FN4O2S/c1-18(33)14-22-5-4-20-3-2-19(15-24(20)32(22)27(29)34)6-8-30-9-11-31(12-10-30)25-16-21(28)17-26-23(25)7-13-35-26/h2-3,7,13,15-17,22H,4-6,8-12,14H2,1H3,(H2,29,34). The summed E-state index contributed by atoms with van der Waals surface area (Å²) in [5, 5.41) is 3.14. The van der Waals surface area contributed by atoms with Crippen LogP contribution < -0.4 is 15.5 Å². The zero-order chi connectivity index (χ0) is 24.5. The number of piperazine rings is 1. The van der Waals surface area contributed by atoms with Gasteiger partial charge in [0.05, 0.1) is 0 Å². The second kappa shape index (κ2) is 9.95. The second-order valence-corrected chi connectivity index (χ2v) is 10.6. The van der Waals surface area contributed by atoms with Gasteiger partial charge in [0.1, 0.15) is 11.6 Å². The van der Waals surface area contributed by atoms with Crippen LogP contribution in [0.2, 0.25) is 0 Å². The third-order valence-electron chi connectivity index (χ3n) is 7.23. The summed E-state index contributed by atoms with van der Waals surface area (Å²) in [6, 6.07) is 11.0. The first-order chi connectivity index (χ1) is 16.9. The van der Waals surface area contributed by atoms with Gasteiger partial charge in [-0.25, -0.2) is 9.18 Å². The Morgan fingerprint density at radius 3 is 2.63 bits per heavy atom. The zero-order valence-corrected chi connectivity index (χ0v) is 20.8. The van der Waals surface area contributed by atoms with Crippen molar-refractivity contribution in [1.29, 1.82) is 0 Å². The number of aryl methyl sites for hydroxylation is 1. The van der Waals surface area contributed by atoms with Gasteiger partial charge in [-0.3, -0.25) is 14.6 Å². The molecule has 0 spiro atoms. The third-order valence-corrected chi connectivity index (χ3v) is 8.09. The van der Waals surface area contributed by atoms with Gasteiger partial charge in [0.15, 0.2) is 0 Å². The summed E-state index contributed by atoms with van der Waals surface area (Å²) < 4.78 is 15.1. The molecule has 1 aromatic heterocycles. The van der Waals surface area contributed by atoms with Crippen LogP contribution in [0.1, 0.15) is 30.9 Å². The number of benzene rings is 2. The van der Waals surface area contributed by atoms with E-state index in [1.54, 1.807) is 35.3 Å². The molecule has 0 saturated carbocycles. The van der Waals surface area contributed by atoms with E-state index in [1.807, 2.05) is 5.38 Å². The van der Waals surface area contributed by atoms with Gasteiger partial charge in [-0.15, -0.1) is 11.3 Å². The van der Waals surface area contributed by atoms with E-state index in [1.165, 1.54) is 0 Å². The molecule has 2 aromatic carbocycles. The van der Waals surface area contributed by atoms with Gasteiger partial charge < -0.3 is 10.6 Å². The lowest BCUT2D eigenvalue weighted by Crippen LogP contribution is -2.47. The predicted molar refractivity (Wildman–Crippen MR) is 140 cm³/mol. The highest BCUT2D eigenvalue weighted by atomic mass is 32.1. The van der Waals surface area contributed by atoms with Crippen molar-refractivity contribution in [3.05, 3.63) is 58.7 Å². The number of thiophene rings is 1. The van der Waals surface area contributed by atoms with Gasteiger partial charge in [0.2, 0.25) is 0 Å². The SMILES string of the molecule is CC(=O)CC1CCc2ccc(CCN3CCN(c4cc(F)cc5sccc45)CC3)cc2N1C(N)=O. The molecule has 0 aliphatic carbocycles. The number of primary amides is 1. The number of anilines is 2. The number of hydrogen-bond donors (Lipinski definition) is 1. The number of amides is 2. The summed E-state index contributed by atoms with van der Waals surface area (Å²) in [7, 11) is 0. The Bertz CT molecular complexity index is 1250. The number of carbonyl (C=O) groups is 2. The minimum atomic E-state index is -0.498. The van der Waals surface area contributed by atoms with Crippen LogP contribution in [0.5, 0.6) is 0 Å². The molecule has 3 heterocycles. The van der Waals surface area contributed by atoms with E-state index in [9.17, 15) is 14.0 Å². The van der Waals surface area contributed by atoms with Gasteiger partial charge in [0, 0.05) is 66.6 Å². The van der Waals surface area contributed by atoms with Crippen molar-refractivity contribution in [2.24, 2.45) is 5.73 Å².